The maximum atomic E-state index is 10.0. The molecule has 0 spiro atoms. The third-order valence-corrected chi connectivity index (χ3v) is 3.09. The van der Waals surface area contributed by atoms with Crippen LogP contribution in [0.3, 0.4) is 0 Å². The molecule has 0 aliphatic carbocycles. The standard InChI is InChI=1S/C12H16ClN3O/c1-11(2,12(3,4)17)16-10-6-8(7-14)5-9(13)15-10/h5-6,17H,1-4H3,(H,15,16). The molecule has 0 saturated heterocycles. The minimum Gasteiger partial charge on any atom is -0.388 e. The van der Waals surface area contributed by atoms with E-state index in [1.54, 1.807) is 19.9 Å². The van der Waals surface area contributed by atoms with Gasteiger partial charge in [-0.1, -0.05) is 11.6 Å². The number of nitrogens with one attached hydrogen (secondary N) is 1. The molecule has 4 nitrogen and oxygen atoms in total. The summed E-state index contributed by atoms with van der Waals surface area (Å²) in [6.07, 6.45) is 0. The zero-order valence-electron chi connectivity index (χ0n) is 10.4. The van der Waals surface area contributed by atoms with Crippen LogP contribution in [-0.4, -0.2) is 21.2 Å². The molecule has 0 aromatic carbocycles. The van der Waals surface area contributed by atoms with Crippen LogP contribution in [0.2, 0.25) is 5.15 Å². The Morgan fingerprint density at radius 3 is 2.41 bits per heavy atom. The van der Waals surface area contributed by atoms with Crippen molar-refractivity contribution in [1.29, 1.82) is 5.26 Å². The number of aliphatic hydroxyl groups is 1. The summed E-state index contributed by atoms with van der Waals surface area (Å²) in [5, 5.41) is 22.2. The van der Waals surface area contributed by atoms with Crippen LogP contribution in [0.25, 0.3) is 0 Å². The van der Waals surface area contributed by atoms with Gasteiger partial charge < -0.3 is 10.4 Å². The van der Waals surface area contributed by atoms with Gasteiger partial charge in [0.05, 0.1) is 22.8 Å². The zero-order chi connectivity index (χ0) is 13.3. The van der Waals surface area contributed by atoms with E-state index < -0.39 is 11.1 Å². The maximum absolute atomic E-state index is 10.0. The van der Waals surface area contributed by atoms with E-state index in [0.29, 0.717) is 11.4 Å². The predicted molar refractivity (Wildman–Crippen MR) is 68.0 cm³/mol. The average molecular weight is 254 g/mol. The summed E-state index contributed by atoms with van der Waals surface area (Å²) in [7, 11) is 0. The highest BCUT2D eigenvalue weighted by molar-refractivity contribution is 6.29. The number of hydrogen-bond acceptors (Lipinski definition) is 4. The Bertz CT molecular complexity index is 458. The molecule has 0 saturated carbocycles. The lowest BCUT2D eigenvalue weighted by Crippen LogP contribution is -2.51. The molecular weight excluding hydrogens is 238 g/mol. The van der Waals surface area contributed by atoms with E-state index in [1.165, 1.54) is 6.07 Å². The van der Waals surface area contributed by atoms with Gasteiger partial charge in [-0.05, 0) is 39.8 Å². The van der Waals surface area contributed by atoms with Crippen molar-refractivity contribution in [2.45, 2.75) is 38.8 Å². The van der Waals surface area contributed by atoms with Crippen LogP contribution >= 0.6 is 11.6 Å². The summed E-state index contributed by atoms with van der Waals surface area (Å²) in [4.78, 5) is 4.07. The molecule has 0 bridgehead atoms. The Labute approximate surface area is 106 Å². The highest BCUT2D eigenvalue weighted by Gasteiger charge is 2.35. The van der Waals surface area contributed by atoms with Crippen LogP contribution in [0.4, 0.5) is 5.82 Å². The molecule has 0 fully saturated rings. The molecule has 1 aromatic heterocycles. The smallest absolute Gasteiger partial charge is 0.132 e. The number of hydrogen-bond donors (Lipinski definition) is 2. The summed E-state index contributed by atoms with van der Waals surface area (Å²) < 4.78 is 0. The monoisotopic (exact) mass is 253 g/mol. The van der Waals surface area contributed by atoms with E-state index in [1.807, 2.05) is 19.9 Å². The van der Waals surface area contributed by atoms with Gasteiger partial charge in [0.25, 0.3) is 0 Å². The van der Waals surface area contributed by atoms with E-state index >= 15 is 0 Å². The van der Waals surface area contributed by atoms with Gasteiger partial charge in [-0.2, -0.15) is 5.26 Å². The number of nitrogens with zero attached hydrogens (tertiary/aromatic N) is 2. The second-order valence-electron chi connectivity index (χ2n) is 4.98. The molecule has 0 unspecified atom stereocenters. The van der Waals surface area contributed by atoms with E-state index in [2.05, 4.69) is 10.3 Å². The molecule has 17 heavy (non-hydrogen) atoms. The molecular formula is C12H16ClN3O. The number of anilines is 1. The Balaban J connectivity index is 3.04. The normalized spacial score (nSPS) is 12.1. The van der Waals surface area contributed by atoms with Crippen molar-refractivity contribution in [3.8, 4) is 6.07 Å². The summed E-state index contributed by atoms with van der Waals surface area (Å²) in [5.74, 6) is 0.473. The van der Waals surface area contributed by atoms with Gasteiger partial charge in [-0.3, -0.25) is 0 Å². The third kappa shape index (κ3) is 3.32. The summed E-state index contributed by atoms with van der Waals surface area (Å²) in [6, 6.07) is 5.09. The predicted octanol–water partition coefficient (Wildman–Crippen LogP) is 2.57. The largest absolute Gasteiger partial charge is 0.388 e. The summed E-state index contributed by atoms with van der Waals surface area (Å²) in [6.45, 7) is 7.11. The summed E-state index contributed by atoms with van der Waals surface area (Å²) >= 11 is 5.81. The Kier molecular flexibility index (Phi) is 3.65. The highest BCUT2D eigenvalue weighted by Crippen LogP contribution is 2.26. The molecule has 1 rings (SSSR count). The van der Waals surface area contributed by atoms with Gasteiger partial charge in [0.2, 0.25) is 0 Å². The molecule has 2 N–H and O–H groups in total. The minimum absolute atomic E-state index is 0.248. The second-order valence-corrected chi connectivity index (χ2v) is 5.37. The quantitative estimate of drug-likeness (QED) is 0.813. The molecule has 5 heteroatoms. The van der Waals surface area contributed by atoms with Crippen molar-refractivity contribution >= 4 is 17.4 Å². The molecule has 0 aliphatic heterocycles. The maximum Gasteiger partial charge on any atom is 0.132 e. The van der Waals surface area contributed by atoms with Gasteiger partial charge in [-0.25, -0.2) is 4.98 Å². The lowest BCUT2D eigenvalue weighted by molar-refractivity contribution is 0.0239. The number of aromatic nitrogens is 1. The number of nitriles is 1. The van der Waals surface area contributed by atoms with Gasteiger partial charge in [-0.15, -0.1) is 0 Å². The lowest BCUT2D eigenvalue weighted by atomic mass is 9.86. The molecule has 0 atom stereocenters. The van der Waals surface area contributed by atoms with Crippen LogP contribution in [0.15, 0.2) is 12.1 Å². The molecule has 1 heterocycles. The van der Waals surface area contributed by atoms with Crippen molar-refractivity contribution in [1.82, 2.24) is 4.98 Å². The van der Waals surface area contributed by atoms with E-state index in [4.69, 9.17) is 16.9 Å². The lowest BCUT2D eigenvalue weighted by Gasteiger charge is -2.38. The van der Waals surface area contributed by atoms with Crippen LogP contribution in [0, 0.1) is 11.3 Å². The van der Waals surface area contributed by atoms with Crippen LogP contribution in [-0.2, 0) is 0 Å². The number of halogens is 1. The average Bonchev–Trinajstić information content (AvgIpc) is 2.14. The van der Waals surface area contributed by atoms with E-state index in [0.717, 1.165) is 0 Å². The van der Waals surface area contributed by atoms with Gasteiger partial charge >= 0.3 is 0 Å². The van der Waals surface area contributed by atoms with Gasteiger partial charge in [0.1, 0.15) is 11.0 Å². The van der Waals surface area contributed by atoms with Crippen molar-refractivity contribution in [2.75, 3.05) is 5.32 Å². The fourth-order valence-corrected chi connectivity index (χ4v) is 1.31. The van der Waals surface area contributed by atoms with Crippen molar-refractivity contribution in [3.05, 3.63) is 22.8 Å². The fraction of sp³-hybridized carbons (Fsp3) is 0.500. The van der Waals surface area contributed by atoms with Crippen LogP contribution in [0.5, 0.6) is 0 Å². The van der Waals surface area contributed by atoms with Crippen molar-refractivity contribution < 1.29 is 5.11 Å². The first-order valence-electron chi connectivity index (χ1n) is 5.24. The number of pyridine rings is 1. The van der Waals surface area contributed by atoms with Gasteiger partial charge in [0.15, 0.2) is 0 Å². The fourth-order valence-electron chi connectivity index (χ4n) is 1.10. The first-order chi connectivity index (χ1) is 7.65. The summed E-state index contributed by atoms with van der Waals surface area (Å²) in [5.41, 5.74) is -1.11. The number of rotatable bonds is 3. The zero-order valence-corrected chi connectivity index (χ0v) is 11.1. The molecule has 92 valence electrons. The third-order valence-electron chi connectivity index (χ3n) is 2.89. The van der Waals surface area contributed by atoms with E-state index in [-0.39, 0.29) is 5.15 Å². The SMILES string of the molecule is CC(C)(O)C(C)(C)Nc1cc(C#N)cc(Cl)n1. The van der Waals surface area contributed by atoms with Crippen molar-refractivity contribution in [3.63, 3.8) is 0 Å². The van der Waals surface area contributed by atoms with Crippen LogP contribution < -0.4 is 5.32 Å². The molecule has 1 aromatic rings. The topological polar surface area (TPSA) is 68.9 Å². The Morgan fingerprint density at radius 1 is 1.35 bits per heavy atom. The Morgan fingerprint density at radius 2 is 1.94 bits per heavy atom. The Hall–Kier alpha value is -1.31. The van der Waals surface area contributed by atoms with Crippen molar-refractivity contribution in [2.24, 2.45) is 0 Å². The van der Waals surface area contributed by atoms with E-state index in [9.17, 15) is 5.11 Å². The first-order valence-corrected chi connectivity index (χ1v) is 5.62. The first kappa shape index (κ1) is 13.8. The molecule has 0 aliphatic rings. The molecule has 0 amide bonds. The van der Waals surface area contributed by atoms with Crippen LogP contribution in [0.1, 0.15) is 33.3 Å². The second kappa shape index (κ2) is 4.52. The van der Waals surface area contributed by atoms with Gasteiger partial charge in [0, 0.05) is 0 Å². The minimum atomic E-state index is -0.941. The molecule has 0 radical (unpaired) electrons. The highest BCUT2D eigenvalue weighted by atomic mass is 35.5.